The second-order valence-corrected chi connectivity index (χ2v) is 6.81. The Labute approximate surface area is 138 Å². The van der Waals surface area contributed by atoms with Gasteiger partial charge in [0.25, 0.3) is 0 Å². The van der Waals surface area contributed by atoms with E-state index in [9.17, 15) is 8.42 Å². The summed E-state index contributed by atoms with van der Waals surface area (Å²) in [6.07, 6.45) is 2.08. The van der Waals surface area contributed by atoms with Crippen LogP contribution in [0.1, 0.15) is 16.7 Å². The molecule has 5 N–H and O–H groups in total. The molecule has 10 heteroatoms. The molecule has 0 amide bonds. The van der Waals surface area contributed by atoms with E-state index in [1.165, 1.54) is 6.07 Å². The summed E-state index contributed by atoms with van der Waals surface area (Å²) in [6, 6.07) is 6.58. The maximum Gasteiger partial charge on any atom is 0.238 e. The number of H-pyrrole nitrogens is 1. The molecule has 124 valence electrons. The van der Waals surface area contributed by atoms with Crippen LogP contribution in [0.3, 0.4) is 0 Å². The summed E-state index contributed by atoms with van der Waals surface area (Å²) in [5.74, 6) is 0.587. The van der Waals surface area contributed by atoms with Crippen LogP contribution in [0.2, 0.25) is 0 Å². The summed E-state index contributed by atoms with van der Waals surface area (Å²) in [5.41, 5.74) is 8.54. The number of aromatic amines is 1. The van der Waals surface area contributed by atoms with Crippen molar-refractivity contribution in [2.24, 2.45) is 5.14 Å². The Hall–Kier alpha value is -2.85. The van der Waals surface area contributed by atoms with E-state index in [2.05, 4.69) is 25.6 Å². The number of rotatable bonds is 4. The molecule has 0 atom stereocenters. The predicted molar refractivity (Wildman–Crippen MR) is 87.2 cm³/mol. The van der Waals surface area contributed by atoms with Crippen LogP contribution in [0.5, 0.6) is 0 Å². The maximum absolute atomic E-state index is 11.9. The minimum atomic E-state index is -3.95. The van der Waals surface area contributed by atoms with E-state index in [1.54, 1.807) is 24.4 Å². The molecule has 1 aromatic carbocycles. The monoisotopic (exact) mass is 345 g/mol. The number of primary sulfonamides is 1. The largest absolute Gasteiger partial charge is 0.384 e. The van der Waals surface area contributed by atoms with Crippen molar-refractivity contribution in [1.82, 2.24) is 25.6 Å². The van der Waals surface area contributed by atoms with Gasteiger partial charge < -0.3 is 5.73 Å². The maximum atomic E-state index is 11.9. The molecule has 0 aliphatic heterocycles. The number of nitrogens with one attached hydrogen (secondary N) is 1. The zero-order valence-corrected chi connectivity index (χ0v) is 13.6. The standard InChI is InChI=1S/C14H15N7O2S/c1-8-5-12(15)17-7-10(8)6-9-3-2-4-11(24(16,22)23)13(9)14-18-20-21-19-14/h2-5,7H,6H2,1H3,(H2,15,17)(H2,16,22,23)(H,18,19,20,21). The van der Waals surface area contributed by atoms with Crippen molar-refractivity contribution in [3.8, 4) is 11.4 Å². The van der Waals surface area contributed by atoms with Crippen molar-refractivity contribution < 1.29 is 8.42 Å². The van der Waals surface area contributed by atoms with Crippen molar-refractivity contribution >= 4 is 15.8 Å². The van der Waals surface area contributed by atoms with Gasteiger partial charge >= 0.3 is 0 Å². The van der Waals surface area contributed by atoms with Crippen LogP contribution < -0.4 is 10.9 Å². The summed E-state index contributed by atoms with van der Waals surface area (Å²) in [5, 5.41) is 18.9. The average Bonchev–Trinajstić information content (AvgIpc) is 3.03. The zero-order chi connectivity index (χ0) is 17.3. The fourth-order valence-electron chi connectivity index (χ4n) is 2.48. The van der Waals surface area contributed by atoms with Crippen LogP contribution in [0.25, 0.3) is 11.4 Å². The van der Waals surface area contributed by atoms with E-state index in [0.29, 0.717) is 23.4 Å². The van der Waals surface area contributed by atoms with E-state index < -0.39 is 10.0 Å². The van der Waals surface area contributed by atoms with Gasteiger partial charge in [-0.1, -0.05) is 12.1 Å². The first-order valence-corrected chi connectivity index (χ1v) is 8.50. The van der Waals surface area contributed by atoms with Crippen molar-refractivity contribution in [1.29, 1.82) is 0 Å². The topological polar surface area (TPSA) is 154 Å². The molecule has 0 bridgehead atoms. The minimum Gasteiger partial charge on any atom is -0.384 e. The highest BCUT2D eigenvalue weighted by molar-refractivity contribution is 7.89. The second kappa shape index (κ2) is 5.98. The SMILES string of the molecule is Cc1cc(N)ncc1Cc1cccc(S(N)(=O)=O)c1-c1nn[nH]n1. The molecule has 3 rings (SSSR count). The summed E-state index contributed by atoms with van der Waals surface area (Å²) in [7, 11) is -3.95. The minimum absolute atomic E-state index is 0.0533. The van der Waals surface area contributed by atoms with Gasteiger partial charge in [-0.15, -0.1) is 10.2 Å². The van der Waals surface area contributed by atoms with E-state index in [1.807, 2.05) is 6.92 Å². The van der Waals surface area contributed by atoms with Crippen molar-refractivity contribution in [2.45, 2.75) is 18.2 Å². The molecule has 0 unspecified atom stereocenters. The number of tetrazole rings is 1. The number of hydrogen-bond acceptors (Lipinski definition) is 7. The number of benzene rings is 1. The van der Waals surface area contributed by atoms with Crippen LogP contribution in [-0.4, -0.2) is 34.0 Å². The Bertz CT molecular complexity index is 984. The number of nitrogens with zero attached hydrogens (tertiary/aromatic N) is 4. The first-order chi connectivity index (χ1) is 11.4. The first kappa shape index (κ1) is 16.0. The van der Waals surface area contributed by atoms with Crippen molar-refractivity contribution in [3.63, 3.8) is 0 Å². The Balaban J connectivity index is 2.18. The van der Waals surface area contributed by atoms with E-state index in [4.69, 9.17) is 10.9 Å². The summed E-state index contributed by atoms with van der Waals surface area (Å²) >= 11 is 0. The van der Waals surface area contributed by atoms with Crippen molar-refractivity contribution in [3.05, 3.63) is 47.2 Å². The van der Waals surface area contributed by atoms with Gasteiger partial charge in [0, 0.05) is 11.8 Å². The van der Waals surface area contributed by atoms with Crippen molar-refractivity contribution in [2.75, 3.05) is 5.73 Å². The van der Waals surface area contributed by atoms with Crippen LogP contribution in [0.15, 0.2) is 35.4 Å². The third-order valence-electron chi connectivity index (χ3n) is 3.61. The molecule has 0 aliphatic rings. The van der Waals surface area contributed by atoms with Crippen LogP contribution >= 0.6 is 0 Å². The number of aryl methyl sites for hydroxylation is 1. The van der Waals surface area contributed by atoms with Gasteiger partial charge in [0.15, 0.2) is 0 Å². The lowest BCUT2D eigenvalue weighted by atomic mass is 9.98. The molecule has 9 nitrogen and oxygen atoms in total. The quantitative estimate of drug-likeness (QED) is 0.618. The van der Waals surface area contributed by atoms with Crippen LogP contribution in [0, 0.1) is 6.92 Å². The number of hydrogen-bond donors (Lipinski definition) is 3. The fourth-order valence-corrected chi connectivity index (χ4v) is 3.25. The normalized spacial score (nSPS) is 11.6. The zero-order valence-electron chi connectivity index (χ0n) is 12.8. The lowest BCUT2D eigenvalue weighted by Gasteiger charge is -2.12. The molecule has 3 aromatic rings. The van der Waals surface area contributed by atoms with E-state index in [-0.39, 0.29) is 10.7 Å². The molecule has 2 aromatic heterocycles. The predicted octanol–water partition coefficient (Wildman–Crippen LogP) is 0.391. The van der Waals surface area contributed by atoms with Gasteiger partial charge in [0.1, 0.15) is 5.82 Å². The van der Waals surface area contributed by atoms with Gasteiger partial charge in [-0.2, -0.15) is 5.21 Å². The number of sulfonamides is 1. The average molecular weight is 345 g/mol. The Morgan fingerprint density at radius 3 is 2.67 bits per heavy atom. The summed E-state index contributed by atoms with van der Waals surface area (Å²) in [6.45, 7) is 1.91. The van der Waals surface area contributed by atoms with Gasteiger partial charge in [0.05, 0.1) is 4.90 Å². The van der Waals surface area contributed by atoms with Gasteiger partial charge in [-0.05, 0) is 47.4 Å². The highest BCUT2D eigenvalue weighted by Gasteiger charge is 2.22. The van der Waals surface area contributed by atoms with Gasteiger partial charge in [0.2, 0.25) is 15.8 Å². The molecule has 2 heterocycles. The molecule has 0 radical (unpaired) electrons. The van der Waals surface area contributed by atoms with Gasteiger partial charge in [-0.25, -0.2) is 18.5 Å². The molecule has 0 saturated heterocycles. The van der Waals surface area contributed by atoms with E-state index >= 15 is 0 Å². The lowest BCUT2D eigenvalue weighted by Crippen LogP contribution is -2.15. The third-order valence-corrected chi connectivity index (χ3v) is 4.56. The number of pyridine rings is 1. The Morgan fingerprint density at radius 1 is 1.25 bits per heavy atom. The molecule has 0 aliphatic carbocycles. The van der Waals surface area contributed by atoms with Crippen LogP contribution in [0.4, 0.5) is 5.82 Å². The molecular weight excluding hydrogens is 330 g/mol. The molecule has 0 spiro atoms. The molecule has 0 saturated carbocycles. The fraction of sp³-hybridized carbons (Fsp3) is 0.143. The molecule has 24 heavy (non-hydrogen) atoms. The number of anilines is 1. The lowest BCUT2D eigenvalue weighted by molar-refractivity contribution is 0.598. The highest BCUT2D eigenvalue weighted by Crippen LogP contribution is 2.29. The van der Waals surface area contributed by atoms with E-state index in [0.717, 1.165) is 11.1 Å². The first-order valence-electron chi connectivity index (χ1n) is 6.96. The highest BCUT2D eigenvalue weighted by atomic mass is 32.2. The van der Waals surface area contributed by atoms with Crippen LogP contribution in [-0.2, 0) is 16.4 Å². The third kappa shape index (κ3) is 3.09. The second-order valence-electron chi connectivity index (χ2n) is 5.28. The molecular formula is C14H15N7O2S. The smallest absolute Gasteiger partial charge is 0.238 e. The molecule has 0 fully saturated rings. The number of nitrogens with two attached hydrogens (primary N) is 2. The number of nitrogen functional groups attached to an aromatic ring is 1. The number of aromatic nitrogens is 5. The Morgan fingerprint density at radius 2 is 2.04 bits per heavy atom. The summed E-state index contributed by atoms with van der Waals surface area (Å²) < 4.78 is 23.9. The Kier molecular flexibility index (Phi) is 3.99. The summed E-state index contributed by atoms with van der Waals surface area (Å²) in [4.78, 5) is 4.03. The van der Waals surface area contributed by atoms with Gasteiger partial charge in [-0.3, -0.25) is 0 Å².